The van der Waals surface area contributed by atoms with Crippen molar-refractivity contribution in [2.45, 2.75) is 33.1 Å². The number of aryl methyl sites for hydroxylation is 1. The lowest BCUT2D eigenvalue weighted by atomic mass is 9.95. The minimum Gasteiger partial charge on any atom is -0.493 e. The lowest BCUT2D eigenvalue weighted by molar-refractivity contribution is 0.250. The summed E-state index contributed by atoms with van der Waals surface area (Å²) in [7, 11) is 0. The Morgan fingerprint density at radius 3 is 2.67 bits per heavy atom. The largest absolute Gasteiger partial charge is 0.493 e. The summed E-state index contributed by atoms with van der Waals surface area (Å²) in [5.74, 6) is 1.90. The second-order valence-electron chi connectivity index (χ2n) is 5.03. The Labute approximate surface area is 117 Å². The van der Waals surface area contributed by atoms with Crippen LogP contribution in [-0.4, -0.2) is 19.7 Å². The van der Waals surface area contributed by atoms with Gasteiger partial charge in [-0.2, -0.15) is 0 Å². The van der Waals surface area contributed by atoms with E-state index >= 15 is 0 Å². The van der Waals surface area contributed by atoms with E-state index in [9.17, 15) is 0 Å². The van der Waals surface area contributed by atoms with Crippen molar-refractivity contribution in [2.24, 2.45) is 5.92 Å². The number of hydrogen-bond acceptors (Lipinski definition) is 2. The molecule has 0 saturated carbocycles. The van der Waals surface area contributed by atoms with E-state index in [-0.39, 0.29) is 12.4 Å². The van der Waals surface area contributed by atoms with Crippen LogP contribution >= 0.6 is 12.4 Å². The number of ether oxygens (including phenoxy) is 1. The van der Waals surface area contributed by atoms with Crippen molar-refractivity contribution in [1.82, 2.24) is 5.32 Å². The highest BCUT2D eigenvalue weighted by molar-refractivity contribution is 5.85. The minimum absolute atomic E-state index is 0. The molecule has 0 bridgehead atoms. The first kappa shape index (κ1) is 15.3. The molecule has 0 unspecified atom stereocenters. The van der Waals surface area contributed by atoms with Crippen LogP contribution in [-0.2, 0) is 0 Å². The Morgan fingerprint density at radius 1 is 1.22 bits per heavy atom. The van der Waals surface area contributed by atoms with Crippen LogP contribution in [0.25, 0.3) is 0 Å². The maximum Gasteiger partial charge on any atom is 0.122 e. The fourth-order valence-electron chi connectivity index (χ4n) is 2.39. The van der Waals surface area contributed by atoms with E-state index in [2.05, 4.69) is 37.4 Å². The molecule has 1 fully saturated rings. The molecule has 1 aliphatic rings. The normalized spacial score (nSPS) is 16.1. The minimum atomic E-state index is 0. The third-order valence-electron chi connectivity index (χ3n) is 3.80. The molecule has 2 rings (SSSR count). The molecule has 0 aliphatic carbocycles. The van der Waals surface area contributed by atoms with Crippen molar-refractivity contribution >= 4 is 12.4 Å². The van der Waals surface area contributed by atoms with E-state index in [0.717, 1.165) is 18.3 Å². The van der Waals surface area contributed by atoms with Crippen molar-refractivity contribution in [3.63, 3.8) is 0 Å². The molecule has 0 radical (unpaired) electrons. The first-order valence-electron chi connectivity index (χ1n) is 6.67. The Balaban J connectivity index is 0.00000162. The average molecular weight is 270 g/mol. The molecular formula is C15H24ClNO. The van der Waals surface area contributed by atoms with Gasteiger partial charge in [0.25, 0.3) is 0 Å². The van der Waals surface area contributed by atoms with Gasteiger partial charge in [0.2, 0.25) is 0 Å². The SMILES string of the molecule is Cc1cccc(OCCC2CCNCC2)c1C.Cl. The molecule has 1 N–H and O–H groups in total. The van der Waals surface area contributed by atoms with E-state index in [1.54, 1.807) is 0 Å². The van der Waals surface area contributed by atoms with Crippen molar-refractivity contribution in [3.8, 4) is 5.75 Å². The second-order valence-corrected chi connectivity index (χ2v) is 5.03. The fourth-order valence-corrected chi connectivity index (χ4v) is 2.39. The maximum absolute atomic E-state index is 5.90. The van der Waals surface area contributed by atoms with Crippen LogP contribution in [0.15, 0.2) is 18.2 Å². The van der Waals surface area contributed by atoms with Gasteiger partial charge in [-0.05, 0) is 69.3 Å². The van der Waals surface area contributed by atoms with Gasteiger partial charge < -0.3 is 10.1 Å². The molecule has 1 aromatic rings. The van der Waals surface area contributed by atoms with Crippen LogP contribution < -0.4 is 10.1 Å². The number of halogens is 1. The smallest absolute Gasteiger partial charge is 0.122 e. The lowest BCUT2D eigenvalue weighted by Gasteiger charge is -2.22. The van der Waals surface area contributed by atoms with Gasteiger partial charge in [0, 0.05) is 0 Å². The van der Waals surface area contributed by atoms with Gasteiger partial charge in [0.15, 0.2) is 0 Å². The molecule has 1 aromatic carbocycles. The quantitative estimate of drug-likeness (QED) is 0.903. The van der Waals surface area contributed by atoms with Gasteiger partial charge in [-0.3, -0.25) is 0 Å². The summed E-state index contributed by atoms with van der Waals surface area (Å²) < 4.78 is 5.90. The van der Waals surface area contributed by atoms with Gasteiger partial charge in [0.05, 0.1) is 6.61 Å². The molecular weight excluding hydrogens is 246 g/mol. The van der Waals surface area contributed by atoms with Crippen molar-refractivity contribution in [1.29, 1.82) is 0 Å². The summed E-state index contributed by atoms with van der Waals surface area (Å²) in [6, 6.07) is 6.28. The van der Waals surface area contributed by atoms with E-state index in [0.29, 0.717) is 0 Å². The predicted molar refractivity (Wildman–Crippen MR) is 78.9 cm³/mol. The van der Waals surface area contributed by atoms with Crippen LogP contribution in [0.5, 0.6) is 5.75 Å². The van der Waals surface area contributed by atoms with Crippen molar-refractivity contribution in [3.05, 3.63) is 29.3 Å². The zero-order valence-electron chi connectivity index (χ0n) is 11.4. The van der Waals surface area contributed by atoms with E-state index in [1.165, 1.54) is 43.5 Å². The Kier molecular flexibility index (Phi) is 6.51. The highest BCUT2D eigenvalue weighted by Gasteiger charge is 2.12. The molecule has 0 spiro atoms. The van der Waals surface area contributed by atoms with Crippen molar-refractivity contribution < 1.29 is 4.74 Å². The maximum atomic E-state index is 5.90. The zero-order chi connectivity index (χ0) is 12.1. The predicted octanol–water partition coefficient (Wildman–Crippen LogP) is 3.49. The Hall–Kier alpha value is -0.730. The highest BCUT2D eigenvalue weighted by atomic mass is 35.5. The van der Waals surface area contributed by atoms with Gasteiger partial charge >= 0.3 is 0 Å². The number of rotatable bonds is 4. The number of piperidine rings is 1. The van der Waals surface area contributed by atoms with Gasteiger partial charge in [-0.25, -0.2) is 0 Å². The summed E-state index contributed by atoms with van der Waals surface area (Å²) in [4.78, 5) is 0. The van der Waals surface area contributed by atoms with Gasteiger partial charge in [-0.1, -0.05) is 12.1 Å². The van der Waals surface area contributed by atoms with Crippen LogP contribution in [0.4, 0.5) is 0 Å². The molecule has 18 heavy (non-hydrogen) atoms. The third kappa shape index (κ3) is 4.18. The summed E-state index contributed by atoms with van der Waals surface area (Å²) in [5.41, 5.74) is 2.59. The monoisotopic (exact) mass is 269 g/mol. The lowest BCUT2D eigenvalue weighted by Crippen LogP contribution is -2.28. The number of benzene rings is 1. The topological polar surface area (TPSA) is 21.3 Å². The van der Waals surface area contributed by atoms with Crippen LogP contribution in [0.3, 0.4) is 0 Å². The number of hydrogen-bond donors (Lipinski definition) is 1. The van der Waals surface area contributed by atoms with Gasteiger partial charge in [0.1, 0.15) is 5.75 Å². The Morgan fingerprint density at radius 2 is 1.94 bits per heavy atom. The first-order valence-corrected chi connectivity index (χ1v) is 6.67. The molecule has 1 saturated heterocycles. The summed E-state index contributed by atoms with van der Waals surface area (Å²) in [5, 5.41) is 3.40. The highest BCUT2D eigenvalue weighted by Crippen LogP contribution is 2.22. The fraction of sp³-hybridized carbons (Fsp3) is 0.600. The van der Waals surface area contributed by atoms with Crippen molar-refractivity contribution in [2.75, 3.05) is 19.7 Å². The average Bonchev–Trinajstić information content (AvgIpc) is 2.36. The molecule has 3 heteroatoms. The molecule has 1 aliphatic heterocycles. The van der Waals surface area contributed by atoms with Crippen LogP contribution in [0.1, 0.15) is 30.4 Å². The molecule has 0 atom stereocenters. The molecule has 102 valence electrons. The first-order chi connectivity index (χ1) is 8.27. The summed E-state index contributed by atoms with van der Waals surface area (Å²) in [6.07, 6.45) is 3.79. The van der Waals surface area contributed by atoms with E-state index in [1.807, 2.05) is 0 Å². The zero-order valence-corrected chi connectivity index (χ0v) is 12.2. The summed E-state index contributed by atoms with van der Waals surface area (Å²) in [6.45, 7) is 7.47. The standard InChI is InChI=1S/C15H23NO.ClH/c1-12-4-3-5-15(13(12)2)17-11-8-14-6-9-16-10-7-14;/h3-5,14,16H,6-11H2,1-2H3;1H. The molecule has 2 nitrogen and oxygen atoms in total. The van der Waals surface area contributed by atoms with Crippen LogP contribution in [0, 0.1) is 19.8 Å². The van der Waals surface area contributed by atoms with Crippen LogP contribution in [0.2, 0.25) is 0 Å². The molecule has 1 heterocycles. The van der Waals surface area contributed by atoms with E-state index < -0.39 is 0 Å². The van der Waals surface area contributed by atoms with E-state index in [4.69, 9.17) is 4.74 Å². The molecule has 0 aromatic heterocycles. The third-order valence-corrected chi connectivity index (χ3v) is 3.80. The number of nitrogens with one attached hydrogen (secondary N) is 1. The van der Waals surface area contributed by atoms with Gasteiger partial charge in [-0.15, -0.1) is 12.4 Å². The summed E-state index contributed by atoms with van der Waals surface area (Å²) >= 11 is 0. The second kappa shape index (κ2) is 7.65. The Bertz CT molecular complexity index is 362. The molecule has 0 amide bonds.